The predicted octanol–water partition coefficient (Wildman–Crippen LogP) is 2.15. The number of rotatable bonds is 6. The van der Waals surface area contributed by atoms with Crippen LogP contribution in [0.3, 0.4) is 0 Å². The fraction of sp³-hybridized carbons (Fsp3) is 0.550. The van der Waals surface area contributed by atoms with Crippen molar-refractivity contribution in [3.63, 3.8) is 0 Å². The number of nitrogens with zero attached hydrogens (tertiary/aromatic N) is 1. The Morgan fingerprint density at radius 3 is 2.69 bits per heavy atom. The molecule has 2 fully saturated rings. The number of carbonyl (C=O) groups is 3. The van der Waals surface area contributed by atoms with Gasteiger partial charge < -0.3 is 10.6 Å². The van der Waals surface area contributed by atoms with E-state index in [9.17, 15) is 14.4 Å². The molecule has 1 heterocycles. The molecule has 0 spiro atoms. The van der Waals surface area contributed by atoms with Crippen molar-refractivity contribution in [3.05, 3.63) is 35.4 Å². The van der Waals surface area contributed by atoms with E-state index >= 15 is 0 Å². The minimum absolute atomic E-state index is 0.0247. The number of carbonyl (C=O) groups excluding carboxylic acids is 3. The minimum atomic E-state index is -0.356. The first-order valence-electron chi connectivity index (χ1n) is 9.49. The van der Waals surface area contributed by atoms with Gasteiger partial charge in [0.25, 0.3) is 0 Å². The van der Waals surface area contributed by atoms with Gasteiger partial charge in [-0.2, -0.15) is 0 Å². The van der Waals surface area contributed by atoms with E-state index in [0.717, 1.165) is 32.1 Å². The largest absolute Gasteiger partial charge is 0.356 e. The number of urea groups is 1. The molecular weight excluding hydrogens is 330 g/mol. The van der Waals surface area contributed by atoms with Crippen molar-refractivity contribution in [2.45, 2.75) is 51.5 Å². The number of aryl methyl sites for hydroxylation is 1. The van der Waals surface area contributed by atoms with Gasteiger partial charge in [0.15, 0.2) is 0 Å². The van der Waals surface area contributed by atoms with E-state index in [1.807, 2.05) is 6.92 Å². The molecule has 2 aliphatic rings. The normalized spacial score (nSPS) is 22.6. The van der Waals surface area contributed by atoms with Crippen LogP contribution in [0.5, 0.6) is 0 Å². The fourth-order valence-corrected chi connectivity index (χ4v) is 3.75. The number of hydrogen-bond acceptors (Lipinski definition) is 3. The summed E-state index contributed by atoms with van der Waals surface area (Å²) in [5.74, 6) is -0.375. The SMILES string of the molecule is Cc1ccc(CCNC(=O)CCN2C(=O)NC3CCCCC3C2=O)cc1. The summed E-state index contributed by atoms with van der Waals surface area (Å²) in [4.78, 5) is 38.0. The molecule has 2 unspecified atom stereocenters. The van der Waals surface area contributed by atoms with Gasteiger partial charge in [-0.15, -0.1) is 0 Å². The van der Waals surface area contributed by atoms with Gasteiger partial charge in [0.2, 0.25) is 11.8 Å². The van der Waals surface area contributed by atoms with Crippen molar-refractivity contribution in [3.8, 4) is 0 Å². The van der Waals surface area contributed by atoms with Crippen LogP contribution in [-0.2, 0) is 16.0 Å². The average Bonchev–Trinajstić information content (AvgIpc) is 2.63. The highest BCUT2D eigenvalue weighted by Gasteiger charge is 2.41. The van der Waals surface area contributed by atoms with Crippen LogP contribution in [0.1, 0.15) is 43.2 Å². The summed E-state index contributed by atoms with van der Waals surface area (Å²) in [6, 6.07) is 7.83. The van der Waals surface area contributed by atoms with Crippen LogP contribution in [0, 0.1) is 12.8 Å². The number of imide groups is 1. The topological polar surface area (TPSA) is 78.5 Å². The maximum atomic E-state index is 12.5. The zero-order chi connectivity index (χ0) is 18.5. The van der Waals surface area contributed by atoms with Gasteiger partial charge in [-0.1, -0.05) is 42.7 Å². The summed E-state index contributed by atoms with van der Waals surface area (Å²) in [6.45, 7) is 2.73. The summed E-state index contributed by atoms with van der Waals surface area (Å²) >= 11 is 0. The van der Waals surface area contributed by atoms with Crippen LogP contribution in [0.15, 0.2) is 24.3 Å². The molecule has 1 aromatic rings. The maximum absolute atomic E-state index is 12.5. The first-order chi connectivity index (χ1) is 12.5. The lowest BCUT2D eigenvalue weighted by molar-refractivity contribution is -0.136. The van der Waals surface area contributed by atoms with E-state index in [1.165, 1.54) is 16.0 Å². The Morgan fingerprint density at radius 1 is 1.19 bits per heavy atom. The Kier molecular flexibility index (Phi) is 5.91. The molecule has 2 atom stereocenters. The van der Waals surface area contributed by atoms with Crippen molar-refractivity contribution < 1.29 is 14.4 Å². The molecule has 140 valence electrons. The molecular formula is C20H27N3O3. The lowest BCUT2D eigenvalue weighted by Crippen LogP contribution is -2.61. The Labute approximate surface area is 154 Å². The fourth-order valence-electron chi connectivity index (χ4n) is 3.75. The van der Waals surface area contributed by atoms with Crippen molar-refractivity contribution in [1.29, 1.82) is 0 Å². The molecule has 4 amide bonds. The van der Waals surface area contributed by atoms with Crippen LogP contribution >= 0.6 is 0 Å². The van der Waals surface area contributed by atoms with Crippen LogP contribution < -0.4 is 10.6 Å². The van der Waals surface area contributed by atoms with Crippen LogP contribution in [0.4, 0.5) is 4.79 Å². The zero-order valence-corrected chi connectivity index (χ0v) is 15.3. The molecule has 1 saturated heterocycles. The lowest BCUT2D eigenvalue weighted by atomic mass is 9.82. The molecule has 1 aromatic carbocycles. The van der Waals surface area contributed by atoms with E-state index in [1.54, 1.807) is 0 Å². The van der Waals surface area contributed by atoms with Gasteiger partial charge >= 0.3 is 6.03 Å². The van der Waals surface area contributed by atoms with Gasteiger partial charge in [0, 0.05) is 25.6 Å². The second kappa shape index (κ2) is 8.34. The number of hydrogen-bond donors (Lipinski definition) is 2. The van der Waals surface area contributed by atoms with Crippen LogP contribution in [0.2, 0.25) is 0 Å². The summed E-state index contributed by atoms with van der Waals surface area (Å²) in [5.41, 5.74) is 2.38. The Hall–Kier alpha value is -2.37. The summed E-state index contributed by atoms with van der Waals surface area (Å²) in [5, 5.41) is 5.79. The molecule has 1 aliphatic carbocycles. The van der Waals surface area contributed by atoms with E-state index in [4.69, 9.17) is 0 Å². The van der Waals surface area contributed by atoms with E-state index in [2.05, 4.69) is 34.9 Å². The predicted molar refractivity (Wildman–Crippen MR) is 98.5 cm³/mol. The molecule has 6 nitrogen and oxygen atoms in total. The summed E-state index contributed by atoms with van der Waals surface area (Å²) < 4.78 is 0. The van der Waals surface area contributed by atoms with E-state index < -0.39 is 0 Å². The van der Waals surface area contributed by atoms with Gasteiger partial charge in [-0.25, -0.2) is 4.79 Å². The smallest absolute Gasteiger partial charge is 0.324 e. The molecule has 26 heavy (non-hydrogen) atoms. The Bertz CT molecular complexity index is 671. The highest BCUT2D eigenvalue weighted by atomic mass is 16.2. The number of benzene rings is 1. The second-order valence-corrected chi connectivity index (χ2v) is 7.27. The molecule has 3 rings (SSSR count). The third-order valence-corrected chi connectivity index (χ3v) is 5.32. The summed E-state index contributed by atoms with van der Waals surface area (Å²) in [6.07, 6.45) is 4.68. The first kappa shape index (κ1) is 18.4. The average molecular weight is 357 g/mol. The summed E-state index contributed by atoms with van der Waals surface area (Å²) in [7, 11) is 0. The third kappa shape index (κ3) is 4.42. The maximum Gasteiger partial charge on any atom is 0.324 e. The van der Waals surface area contributed by atoms with Crippen molar-refractivity contribution in [2.24, 2.45) is 5.92 Å². The molecule has 0 bridgehead atoms. The third-order valence-electron chi connectivity index (χ3n) is 5.32. The van der Waals surface area contributed by atoms with Crippen LogP contribution in [-0.4, -0.2) is 41.9 Å². The monoisotopic (exact) mass is 357 g/mol. The molecule has 6 heteroatoms. The highest BCUT2D eigenvalue weighted by Crippen LogP contribution is 2.29. The molecule has 0 radical (unpaired) electrons. The van der Waals surface area contributed by atoms with E-state index in [0.29, 0.717) is 6.54 Å². The zero-order valence-electron chi connectivity index (χ0n) is 15.3. The van der Waals surface area contributed by atoms with Gasteiger partial charge in [0.1, 0.15) is 0 Å². The second-order valence-electron chi connectivity index (χ2n) is 7.27. The van der Waals surface area contributed by atoms with Gasteiger partial charge in [-0.3, -0.25) is 14.5 Å². The standard InChI is InChI=1S/C20H27N3O3/c1-14-6-8-15(9-7-14)10-12-21-18(24)11-13-23-19(25)16-4-2-3-5-17(16)22-20(23)26/h6-9,16-17H,2-5,10-13H2,1H3,(H,21,24)(H,22,26). The van der Waals surface area contributed by atoms with Crippen molar-refractivity contribution in [1.82, 2.24) is 15.5 Å². The van der Waals surface area contributed by atoms with Gasteiger partial charge in [-0.05, 0) is 31.7 Å². The Morgan fingerprint density at radius 2 is 1.92 bits per heavy atom. The lowest BCUT2D eigenvalue weighted by Gasteiger charge is -2.39. The number of fused-ring (bicyclic) bond motifs is 1. The molecule has 1 aliphatic heterocycles. The van der Waals surface area contributed by atoms with Crippen LogP contribution in [0.25, 0.3) is 0 Å². The molecule has 2 N–H and O–H groups in total. The van der Waals surface area contributed by atoms with Crippen molar-refractivity contribution in [2.75, 3.05) is 13.1 Å². The first-order valence-corrected chi connectivity index (χ1v) is 9.49. The number of nitrogens with one attached hydrogen (secondary N) is 2. The van der Waals surface area contributed by atoms with Crippen molar-refractivity contribution >= 4 is 17.8 Å². The minimum Gasteiger partial charge on any atom is -0.356 e. The highest BCUT2D eigenvalue weighted by molar-refractivity contribution is 5.99. The van der Waals surface area contributed by atoms with E-state index in [-0.39, 0.29) is 42.8 Å². The van der Waals surface area contributed by atoms with Gasteiger partial charge in [0.05, 0.1) is 5.92 Å². The number of amides is 4. The quantitative estimate of drug-likeness (QED) is 0.819. The molecule has 0 aromatic heterocycles. The Balaban J connectivity index is 1.42. The molecule has 1 saturated carbocycles.